The van der Waals surface area contributed by atoms with Crippen LogP contribution in [-0.2, 0) is 11.2 Å². The predicted octanol–water partition coefficient (Wildman–Crippen LogP) is 4.65. The number of thioether (sulfide) groups is 1. The van der Waals surface area contributed by atoms with Crippen molar-refractivity contribution >= 4 is 29.4 Å². The third-order valence-electron chi connectivity index (χ3n) is 4.27. The Morgan fingerprint density at radius 3 is 2.50 bits per heavy atom. The van der Waals surface area contributed by atoms with E-state index in [4.69, 9.17) is 9.47 Å². The van der Waals surface area contributed by atoms with Gasteiger partial charge in [-0.3, -0.25) is 4.79 Å². The standard InChI is InChI=1S/C22H26N2O3S/c1-4-15-7-10-17(11-8-15)23-22-24-21(25)20(28-22)13-16-9-12-18(26-5-2)14-19(16)27-6-3/h7-14,22-23H,4-6H2,1-3H3,(H,24,25)/b20-13-/t22-/m0/s1. The number of rotatable bonds is 8. The van der Waals surface area contributed by atoms with Crippen LogP contribution < -0.4 is 20.1 Å². The molecule has 2 aromatic carbocycles. The van der Waals surface area contributed by atoms with Crippen molar-refractivity contribution in [2.24, 2.45) is 0 Å². The lowest BCUT2D eigenvalue weighted by Gasteiger charge is -2.13. The van der Waals surface area contributed by atoms with E-state index in [-0.39, 0.29) is 11.4 Å². The van der Waals surface area contributed by atoms with Gasteiger partial charge in [0, 0.05) is 17.3 Å². The van der Waals surface area contributed by atoms with Crippen LogP contribution in [0.1, 0.15) is 31.9 Å². The van der Waals surface area contributed by atoms with Gasteiger partial charge in [0.05, 0.1) is 18.1 Å². The van der Waals surface area contributed by atoms with Crippen LogP contribution in [0.2, 0.25) is 0 Å². The fourth-order valence-corrected chi connectivity index (χ4v) is 3.84. The molecule has 28 heavy (non-hydrogen) atoms. The summed E-state index contributed by atoms with van der Waals surface area (Å²) in [6.45, 7) is 7.15. The molecule has 0 bridgehead atoms. The van der Waals surface area contributed by atoms with Crippen molar-refractivity contribution in [3.05, 3.63) is 58.5 Å². The van der Waals surface area contributed by atoms with Crippen molar-refractivity contribution < 1.29 is 14.3 Å². The number of aryl methyl sites for hydroxylation is 1. The molecule has 0 aliphatic carbocycles. The van der Waals surface area contributed by atoms with Crippen LogP contribution in [0, 0.1) is 0 Å². The van der Waals surface area contributed by atoms with Gasteiger partial charge in [-0.1, -0.05) is 30.8 Å². The summed E-state index contributed by atoms with van der Waals surface area (Å²) in [5.74, 6) is 1.37. The van der Waals surface area contributed by atoms with E-state index in [2.05, 4.69) is 29.7 Å². The highest BCUT2D eigenvalue weighted by Crippen LogP contribution is 2.33. The van der Waals surface area contributed by atoms with Crippen molar-refractivity contribution in [3.63, 3.8) is 0 Å². The summed E-state index contributed by atoms with van der Waals surface area (Å²) >= 11 is 1.46. The smallest absolute Gasteiger partial charge is 0.260 e. The van der Waals surface area contributed by atoms with Crippen LogP contribution in [0.25, 0.3) is 6.08 Å². The number of hydrogen-bond acceptors (Lipinski definition) is 5. The normalized spacial score (nSPS) is 17.5. The number of ether oxygens (including phenoxy) is 2. The molecule has 0 spiro atoms. The molecule has 1 aliphatic heterocycles. The topological polar surface area (TPSA) is 59.6 Å². The lowest BCUT2D eigenvalue weighted by molar-refractivity contribution is -0.116. The minimum Gasteiger partial charge on any atom is -0.494 e. The molecule has 2 aromatic rings. The van der Waals surface area contributed by atoms with Gasteiger partial charge in [-0.2, -0.15) is 0 Å². The molecule has 3 rings (SSSR count). The lowest BCUT2D eigenvalue weighted by atomic mass is 10.1. The number of anilines is 1. The first-order valence-corrected chi connectivity index (χ1v) is 10.4. The van der Waals surface area contributed by atoms with Crippen molar-refractivity contribution in [1.29, 1.82) is 0 Å². The Morgan fingerprint density at radius 2 is 1.82 bits per heavy atom. The zero-order chi connectivity index (χ0) is 19.9. The molecule has 1 atom stereocenters. The summed E-state index contributed by atoms with van der Waals surface area (Å²) in [7, 11) is 0. The first kappa shape index (κ1) is 20.1. The van der Waals surface area contributed by atoms with E-state index >= 15 is 0 Å². The highest BCUT2D eigenvalue weighted by Gasteiger charge is 2.27. The summed E-state index contributed by atoms with van der Waals surface area (Å²) in [5, 5.41) is 6.31. The molecule has 1 amide bonds. The van der Waals surface area contributed by atoms with Crippen LogP contribution in [0.3, 0.4) is 0 Å². The number of hydrogen-bond donors (Lipinski definition) is 2. The average molecular weight is 399 g/mol. The van der Waals surface area contributed by atoms with Gasteiger partial charge >= 0.3 is 0 Å². The molecule has 0 aromatic heterocycles. The molecular formula is C22H26N2O3S. The summed E-state index contributed by atoms with van der Waals surface area (Å²) in [4.78, 5) is 13.1. The molecule has 2 N–H and O–H groups in total. The van der Waals surface area contributed by atoms with Gasteiger partial charge < -0.3 is 20.1 Å². The molecule has 0 radical (unpaired) electrons. The second-order valence-electron chi connectivity index (χ2n) is 6.24. The molecule has 1 fully saturated rings. The second-order valence-corrected chi connectivity index (χ2v) is 7.39. The van der Waals surface area contributed by atoms with E-state index in [0.717, 1.165) is 23.4 Å². The highest BCUT2D eigenvalue weighted by atomic mass is 32.2. The molecule has 1 aliphatic rings. The summed E-state index contributed by atoms with van der Waals surface area (Å²) in [5.41, 5.74) is 2.92. The van der Waals surface area contributed by atoms with Crippen LogP contribution in [0.5, 0.6) is 11.5 Å². The third kappa shape index (κ3) is 5.01. The number of benzene rings is 2. The van der Waals surface area contributed by atoms with Gasteiger partial charge in [0.2, 0.25) is 0 Å². The largest absolute Gasteiger partial charge is 0.494 e. The Bertz CT molecular complexity index is 849. The second kappa shape index (κ2) is 9.55. The van der Waals surface area contributed by atoms with Crippen molar-refractivity contribution in [1.82, 2.24) is 5.32 Å². The first-order valence-electron chi connectivity index (χ1n) is 9.57. The summed E-state index contributed by atoms with van der Waals surface area (Å²) in [6, 6.07) is 13.9. The van der Waals surface area contributed by atoms with Crippen LogP contribution in [0.15, 0.2) is 47.4 Å². The lowest BCUT2D eigenvalue weighted by Crippen LogP contribution is -2.30. The highest BCUT2D eigenvalue weighted by molar-refractivity contribution is 8.05. The Morgan fingerprint density at radius 1 is 1.07 bits per heavy atom. The molecule has 0 unspecified atom stereocenters. The van der Waals surface area contributed by atoms with Gasteiger partial charge in [-0.05, 0) is 56.2 Å². The van der Waals surface area contributed by atoms with Crippen molar-refractivity contribution in [3.8, 4) is 11.5 Å². The van der Waals surface area contributed by atoms with E-state index in [0.29, 0.717) is 23.9 Å². The average Bonchev–Trinajstić information content (AvgIpc) is 3.03. The minimum atomic E-state index is -0.204. The van der Waals surface area contributed by atoms with Gasteiger partial charge in [-0.15, -0.1) is 0 Å². The van der Waals surface area contributed by atoms with Crippen molar-refractivity contribution in [2.75, 3.05) is 18.5 Å². The SMILES string of the molecule is CCOc1ccc(/C=C2\S[C@@H](Nc3ccc(CC)cc3)NC2=O)c(OCC)c1. The van der Waals surface area contributed by atoms with Gasteiger partial charge in [0.25, 0.3) is 5.91 Å². The van der Waals surface area contributed by atoms with Crippen LogP contribution >= 0.6 is 11.8 Å². The number of carbonyl (C=O) groups excluding carboxylic acids is 1. The van der Waals surface area contributed by atoms with Gasteiger partial charge in [0.15, 0.2) is 5.50 Å². The maximum Gasteiger partial charge on any atom is 0.260 e. The number of amides is 1. The zero-order valence-electron chi connectivity index (χ0n) is 16.5. The summed E-state index contributed by atoms with van der Waals surface area (Å²) in [6.07, 6.45) is 2.87. The Kier molecular flexibility index (Phi) is 6.87. The number of nitrogens with one attached hydrogen (secondary N) is 2. The number of carbonyl (C=O) groups is 1. The Balaban J connectivity index is 1.74. The van der Waals surface area contributed by atoms with Crippen LogP contribution in [-0.4, -0.2) is 24.6 Å². The molecular weight excluding hydrogens is 372 g/mol. The van der Waals surface area contributed by atoms with E-state index < -0.39 is 0 Å². The maximum atomic E-state index is 12.4. The fourth-order valence-electron chi connectivity index (χ4n) is 2.87. The molecule has 148 valence electrons. The molecule has 1 saturated heterocycles. The summed E-state index contributed by atoms with van der Waals surface area (Å²) < 4.78 is 11.3. The van der Waals surface area contributed by atoms with E-state index in [9.17, 15) is 4.79 Å². The van der Waals surface area contributed by atoms with Gasteiger partial charge in [0.1, 0.15) is 11.5 Å². The van der Waals surface area contributed by atoms with Crippen LogP contribution in [0.4, 0.5) is 5.69 Å². The predicted molar refractivity (Wildman–Crippen MR) is 116 cm³/mol. The molecule has 1 heterocycles. The van der Waals surface area contributed by atoms with E-state index in [1.807, 2.05) is 50.3 Å². The Labute approximate surface area is 170 Å². The van der Waals surface area contributed by atoms with E-state index in [1.165, 1.54) is 17.3 Å². The van der Waals surface area contributed by atoms with Gasteiger partial charge in [-0.25, -0.2) is 0 Å². The quantitative estimate of drug-likeness (QED) is 0.634. The Hall–Kier alpha value is -2.60. The molecule has 5 nitrogen and oxygen atoms in total. The monoisotopic (exact) mass is 398 g/mol. The maximum absolute atomic E-state index is 12.4. The molecule has 0 saturated carbocycles. The van der Waals surface area contributed by atoms with E-state index in [1.54, 1.807) is 0 Å². The van der Waals surface area contributed by atoms with Crippen molar-refractivity contribution in [2.45, 2.75) is 32.7 Å². The first-order chi connectivity index (χ1) is 13.6. The molecule has 6 heteroatoms. The fraction of sp³-hybridized carbons (Fsp3) is 0.318. The minimum absolute atomic E-state index is 0.0935. The third-order valence-corrected chi connectivity index (χ3v) is 5.30. The zero-order valence-corrected chi connectivity index (χ0v) is 17.3.